The Kier molecular flexibility index (Phi) is 5.08. The molecule has 0 amide bonds. The minimum absolute atomic E-state index is 0.0608. The molecule has 0 saturated carbocycles. The first-order chi connectivity index (χ1) is 11.6. The van der Waals surface area contributed by atoms with E-state index < -0.39 is 4.92 Å². The number of nitro groups is 1. The van der Waals surface area contributed by atoms with Crippen LogP contribution in [0.5, 0.6) is 0 Å². The van der Waals surface area contributed by atoms with Gasteiger partial charge in [0.2, 0.25) is 0 Å². The Morgan fingerprint density at radius 2 is 2.17 bits per heavy atom. The highest BCUT2D eigenvalue weighted by Gasteiger charge is 2.22. The van der Waals surface area contributed by atoms with Crippen LogP contribution in [0.15, 0.2) is 31.0 Å². The minimum atomic E-state index is -0.393. The van der Waals surface area contributed by atoms with Crippen molar-refractivity contribution in [3.05, 3.63) is 46.7 Å². The van der Waals surface area contributed by atoms with Gasteiger partial charge in [-0.15, -0.1) is 0 Å². The molecular weight excluding hydrogens is 306 g/mol. The second kappa shape index (κ2) is 7.42. The summed E-state index contributed by atoms with van der Waals surface area (Å²) in [5, 5.41) is 10.8. The van der Waals surface area contributed by atoms with Gasteiger partial charge in [-0.05, 0) is 44.1 Å². The molecule has 0 aliphatic carbocycles. The van der Waals surface area contributed by atoms with Crippen LogP contribution < -0.4 is 4.90 Å². The molecule has 0 aromatic carbocycles. The molecule has 24 heavy (non-hydrogen) atoms. The van der Waals surface area contributed by atoms with Gasteiger partial charge in [-0.3, -0.25) is 10.1 Å². The molecule has 1 saturated heterocycles. The number of imidazole rings is 1. The molecule has 1 aliphatic heterocycles. The summed E-state index contributed by atoms with van der Waals surface area (Å²) in [5.74, 6) is 1.64. The lowest BCUT2D eigenvalue weighted by molar-refractivity contribution is -0.385. The second-order valence-electron chi connectivity index (χ2n) is 6.46. The third-order valence-corrected chi connectivity index (χ3v) is 4.75. The average Bonchev–Trinajstić information content (AvgIpc) is 3.09. The van der Waals surface area contributed by atoms with Gasteiger partial charge in [0.05, 0.1) is 11.3 Å². The topological polar surface area (TPSA) is 77.1 Å². The van der Waals surface area contributed by atoms with E-state index in [2.05, 4.69) is 19.4 Å². The lowest BCUT2D eigenvalue weighted by atomic mass is 9.92. The average molecular weight is 329 g/mol. The van der Waals surface area contributed by atoms with Crippen LogP contribution in [0.3, 0.4) is 0 Å². The van der Waals surface area contributed by atoms with Gasteiger partial charge in [0, 0.05) is 38.1 Å². The summed E-state index contributed by atoms with van der Waals surface area (Å²) in [6.07, 6.45) is 11.8. The second-order valence-corrected chi connectivity index (χ2v) is 6.46. The molecule has 0 bridgehead atoms. The molecule has 0 spiro atoms. The van der Waals surface area contributed by atoms with Crippen molar-refractivity contribution in [2.45, 2.75) is 39.2 Å². The fraction of sp³-hybridized carbons (Fsp3) is 0.529. The maximum atomic E-state index is 10.8. The molecule has 7 heteroatoms. The Bertz CT molecular complexity index is 678. The third-order valence-electron chi connectivity index (χ3n) is 4.75. The molecule has 3 heterocycles. The van der Waals surface area contributed by atoms with E-state index >= 15 is 0 Å². The standard InChI is InChI=1S/C17H23N5O2/c1-14-11-16(22(23)24)12-19-17(14)21-8-4-15(5-9-21)3-2-7-20-10-6-18-13-20/h6,10-13,15H,2-5,7-9H2,1H3. The SMILES string of the molecule is Cc1cc([N+](=O)[O-])cnc1N1CCC(CCCn2ccnc2)CC1. The van der Waals surface area contributed by atoms with Gasteiger partial charge in [-0.2, -0.15) is 0 Å². The minimum Gasteiger partial charge on any atom is -0.356 e. The van der Waals surface area contributed by atoms with E-state index in [0.717, 1.165) is 49.8 Å². The van der Waals surface area contributed by atoms with Crippen LogP contribution in [-0.2, 0) is 6.54 Å². The molecule has 0 radical (unpaired) electrons. The summed E-state index contributed by atoms with van der Waals surface area (Å²) >= 11 is 0. The van der Waals surface area contributed by atoms with Gasteiger partial charge in [0.25, 0.3) is 5.69 Å². The van der Waals surface area contributed by atoms with Crippen LogP contribution in [0, 0.1) is 23.0 Å². The summed E-state index contributed by atoms with van der Waals surface area (Å²) in [7, 11) is 0. The molecule has 2 aromatic heterocycles. The highest BCUT2D eigenvalue weighted by Crippen LogP contribution is 2.28. The van der Waals surface area contributed by atoms with Crippen molar-refractivity contribution >= 4 is 11.5 Å². The van der Waals surface area contributed by atoms with E-state index in [1.165, 1.54) is 19.0 Å². The van der Waals surface area contributed by atoms with Crippen molar-refractivity contribution in [1.82, 2.24) is 14.5 Å². The third kappa shape index (κ3) is 3.90. The first kappa shape index (κ1) is 16.4. The van der Waals surface area contributed by atoms with E-state index in [1.807, 2.05) is 25.6 Å². The molecule has 0 N–H and O–H groups in total. The number of hydrogen-bond donors (Lipinski definition) is 0. The van der Waals surface area contributed by atoms with Crippen LogP contribution in [0.1, 0.15) is 31.2 Å². The van der Waals surface area contributed by atoms with E-state index in [4.69, 9.17) is 0 Å². The number of anilines is 1. The van der Waals surface area contributed by atoms with Gasteiger partial charge in [-0.1, -0.05) is 0 Å². The highest BCUT2D eigenvalue weighted by molar-refractivity contribution is 5.50. The molecule has 7 nitrogen and oxygen atoms in total. The van der Waals surface area contributed by atoms with Crippen LogP contribution >= 0.6 is 0 Å². The van der Waals surface area contributed by atoms with Gasteiger partial charge >= 0.3 is 0 Å². The number of pyridine rings is 1. The Morgan fingerprint density at radius 3 is 2.79 bits per heavy atom. The molecule has 0 unspecified atom stereocenters. The predicted octanol–water partition coefficient (Wildman–Crippen LogP) is 3.19. The Labute approximate surface area is 141 Å². The quantitative estimate of drug-likeness (QED) is 0.601. The predicted molar refractivity (Wildman–Crippen MR) is 92.0 cm³/mol. The number of nitrogens with zero attached hydrogens (tertiary/aromatic N) is 5. The smallest absolute Gasteiger partial charge is 0.287 e. The summed E-state index contributed by atoms with van der Waals surface area (Å²) in [5.41, 5.74) is 0.938. The first-order valence-corrected chi connectivity index (χ1v) is 8.45. The van der Waals surface area contributed by atoms with E-state index in [0.29, 0.717) is 0 Å². The van der Waals surface area contributed by atoms with Gasteiger partial charge in [0.15, 0.2) is 0 Å². The molecule has 128 valence electrons. The van der Waals surface area contributed by atoms with Crippen molar-refractivity contribution < 1.29 is 4.92 Å². The lowest BCUT2D eigenvalue weighted by Gasteiger charge is -2.33. The zero-order chi connectivity index (χ0) is 16.9. The molecule has 1 fully saturated rings. The number of rotatable bonds is 6. The summed E-state index contributed by atoms with van der Waals surface area (Å²) in [6.45, 7) is 4.87. The largest absolute Gasteiger partial charge is 0.356 e. The van der Waals surface area contributed by atoms with Crippen LogP contribution in [-0.4, -0.2) is 32.5 Å². The van der Waals surface area contributed by atoms with E-state index in [9.17, 15) is 10.1 Å². The van der Waals surface area contributed by atoms with Gasteiger partial charge in [0.1, 0.15) is 12.0 Å². The van der Waals surface area contributed by atoms with Crippen molar-refractivity contribution in [1.29, 1.82) is 0 Å². The Hall–Kier alpha value is -2.44. The zero-order valence-electron chi connectivity index (χ0n) is 14.0. The number of aromatic nitrogens is 3. The van der Waals surface area contributed by atoms with Crippen LogP contribution in [0.4, 0.5) is 11.5 Å². The Morgan fingerprint density at radius 1 is 1.38 bits per heavy atom. The summed E-state index contributed by atoms with van der Waals surface area (Å²) < 4.78 is 2.12. The maximum absolute atomic E-state index is 10.8. The lowest BCUT2D eigenvalue weighted by Crippen LogP contribution is -2.34. The molecule has 3 rings (SSSR count). The monoisotopic (exact) mass is 329 g/mol. The van der Waals surface area contributed by atoms with Crippen molar-refractivity contribution in [3.63, 3.8) is 0 Å². The summed E-state index contributed by atoms with van der Waals surface area (Å²) in [6, 6.07) is 1.61. The van der Waals surface area contributed by atoms with E-state index in [-0.39, 0.29) is 5.69 Å². The summed E-state index contributed by atoms with van der Waals surface area (Å²) in [4.78, 5) is 21.1. The highest BCUT2D eigenvalue weighted by atomic mass is 16.6. The normalized spacial score (nSPS) is 15.6. The van der Waals surface area contributed by atoms with Crippen molar-refractivity contribution in [2.24, 2.45) is 5.92 Å². The zero-order valence-corrected chi connectivity index (χ0v) is 14.0. The molecular formula is C17H23N5O2. The Balaban J connectivity index is 1.49. The van der Waals surface area contributed by atoms with Gasteiger partial charge in [-0.25, -0.2) is 9.97 Å². The number of hydrogen-bond acceptors (Lipinski definition) is 5. The maximum Gasteiger partial charge on any atom is 0.287 e. The fourth-order valence-electron chi connectivity index (χ4n) is 3.40. The molecule has 1 aliphatic rings. The fourth-order valence-corrected chi connectivity index (χ4v) is 3.40. The first-order valence-electron chi connectivity index (χ1n) is 8.45. The number of aryl methyl sites for hydroxylation is 2. The van der Waals surface area contributed by atoms with Crippen molar-refractivity contribution in [2.75, 3.05) is 18.0 Å². The van der Waals surface area contributed by atoms with E-state index in [1.54, 1.807) is 6.07 Å². The molecule has 0 atom stereocenters. The van der Waals surface area contributed by atoms with Gasteiger partial charge < -0.3 is 9.47 Å². The van der Waals surface area contributed by atoms with Crippen molar-refractivity contribution in [3.8, 4) is 0 Å². The molecule has 2 aromatic rings. The van der Waals surface area contributed by atoms with Crippen LogP contribution in [0.25, 0.3) is 0 Å². The van der Waals surface area contributed by atoms with Crippen LogP contribution in [0.2, 0.25) is 0 Å². The number of piperidine rings is 1.